The molecule has 1 aliphatic carbocycles. The molecule has 0 bridgehead atoms. The van der Waals surface area contributed by atoms with Crippen LogP contribution in [0.2, 0.25) is 0 Å². The maximum absolute atomic E-state index is 12.0. The summed E-state index contributed by atoms with van der Waals surface area (Å²) in [5.41, 5.74) is 5.69. The van der Waals surface area contributed by atoms with Gasteiger partial charge in [0.25, 0.3) is 0 Å². The van der Waals surface area contributed by atoms with Gasteiger partial charge in [0.15, 0.2) is 0 Å². The molecule has 0 aromatic rings. The highest BCUT2D eigenvalue weighted by Crippen LogP contribution is 2.29. The van der Waals surface area contributed by atoms with Crippen LogP contribution >= 0.6 is 12.4 Å². The molecule has 1 aliphatic heterocycles. The Balaban J connectivity index is 0.00000144. The normalized spacial score (nSPS) is 25.2. The topological polar surface area (TPSA) is 55.6 Å². The van der Waals surface area contributed by atoms with Crippen LogP contribution in [0.5, 0.6) is 0 Å². The number of hydrogen-bond donors (Lipinski definition) is 1. The molecule has 2 N–H and O–H groups in total. The Kier molecular flexibility index (Phi) is 5.70. The number of ether oxygens (including phenoxy) is 1. The molecule has 4 nitrogen and oxygen atoms in total. The molecule has 0 aromatic carbocycles. The minimum Gasteiger partial charge on any atom is -0.381 e. The van der Waals surface area contributed by atoms with E-state index in [2.05, 4.69) is 0 Å². The second kappa shape index (κ2) is 6.57. The van der Waals surface area contributed by atoms with Crippen LogP contribution in [-0.2, 0) is 9.53 Å². The zero-order chi connectivity index (χ0) is 11.5. The minimum absolute atomic E-state index is 0. The number of hydrogen-bond acceptors (Lipinski definition) is 3. The lowest BCUT2D eigenvalue weighted by atomic mass is 10.1. The molecule has 2 aliphatic rings. The van der Waals surface area contributed by atoms with Crippen molar-refractivity contribution in [2.24, 2.45) is 11.7 Å². The molecular formula is C12H23ClN2O2. The van der Waals surface area contributed by atoms with E-state index in [1.807, 2.05) is 11.8 Å². The molecule has 2 fully saturated rings. The minimum atomic E-state index is -0.0337. The van der Waals surface area contributed by atoms with Crippen molar-refractivity contribution in [3.05, 3.63) is 0 Å². The molecule has 1 amide bonds. The second-order valence-corrected chi connectivity index (χ2v) is 5.19. The number of nitrogens with two attached hydrogens (primary N) is 1. The third kappa shape index (κ3) is 4.45. The van der Waals surface area contributed by atoms with E-state index in [-0.39, 0.29) is 24.4 Å². The maximum Gasteiger partial charge on any atom is 0.224 e. The summed E-state index contributed by atoms with van der Waals surface area (Å²) in [7, 11) is 0. The van der Waals surface area contributed by atoms with E-state index in [9.17, 15) is 4.79 Å². The van der Waals surface area contributed by atoms with Gasteiger partial charge in [-0.05, 0) is 26.2 Å². The summed E-state index contributed by atoms with van der Waals surface area (Å²) in [5, 5.41) is 0. The van der Waals surface area contributed by atoms with Crippen molar-refractivity contribution in [1.82, 2.24) is 4.90 Å². The summed E-state index contributed by atoms with van der Waals surface area (Å²) in [5.74, 6) is 0.766. The van der Waals surface area contributed by atoms with Crippen molar-refractivity contribution >= 4 is 18.3 Å². The van der Waals surface area contributed by atoms with Gasteiger partial charge < -0.3 is 15.4 Å². The van der Waals surface area contributed by atoms with Crippen LogP contribution in [0.15, 0.2) is 0 Å². The predicted octanol–water partition coefficient (Wildman–Crippen LogP) is 1.17. The van der Waals surface area contributed by atoms with E-state index >= 15 is 0 Å². The quantitative estimate of drug-likeness (QED) is 0.809. The van der Waals surface area contributed by atoms with Gasteiger partial charge in [-0.25, -0.2) is 0 Å². The first-order valence-corrected chi connectivity index (χ1v) is 6.29. The molecule has 17 heavy (non-hydrogen) atoms. The lowest BCUT2D eigenvalue weighted by Gasteiger charge is -2.25. The Bertz CT molecular complexity index is 251. The largest absolute Gasteiger partial charge is 0.381 e. The van der Waals surface area contributed by atoms with Crippen molar-refractivity contribution in [1.29, 1.82) is 0 Å². The maximum atomic E-state index is 12.0. The van der Waals surface area contributed by atoms with E-state index in [0.29, 0.717) is 18.4 Å². The number of amides is 1. The smallest absolute Gasteiger partial charge is 0.224 e. The van der Waals surface area contributed by atoms with E-state index in [0.717, 1.165) is 39.0 Å². The van der Waals surface area contributed by atoms with Gasteiger partial charge in [-0.1, -0.05) is 0 Å². The SMILES string of the molecule is CC(N)CC(=O)N(CC1CCOC1)C1CC1.Cl. The van der Waals surface area contributed by atoms with Crippen LogP contribution in [0.25, 0.3) is 0 Å². The van der Waals surface area contributed by atoms with Crippen LogP contribution in [0.1, 0.15) is 32.6 Å². The molecule has 0 aromatic heterocycles. The molecule has 1 saturated carbocycles. The Morgan fingerprint density at radius 3 is 2.65 bits per heavy atom. The van der Waals surface area contributed by atoms with Gasteiger partial charge >= 0.3 is 0 Å². The predicted molar refractivity (Wildman–Crippen MR) is 69.2 cm³/mol. The van der Waals surface area contributed by atoms with E-state index < -0.39 is 0 Å². The van der Waals surface area contributed by atoms with Crippen LogP contribution in [0.3, 0.4) is 0 Å². The average molecular weight is 263 g/mol. The fourth-order valence-corrected chi connectivity index (χ4v) is 2.24. The van der Waals surface area contributed by atoms with E-state index in [4.69, 9.17) is 10.5 Å². The number of carbonyl (C=O) groups excluding carboxylic acids is 1. The van der Waals surface area contributed by atoms with Crippen LogP contribution < -0.4 is 5.73 Å². The monoisotopic (exact) mass is 262 g/mol. The summed E-state index contributed by atoms with van der Waals surface area (Å²) < 4.78 is 5.36. The first-order chi connectivity index (χ1) is 7.66. The van der Waals surface area contributed by atoms with Gasteiger partial charge in [0.1, 0.15) is 0 Å². The number of nitrogens with zero attached hydrogens (tertiary/aromatic N) is 1. The molecule has 2 atom stereocenters. The second-order valence-electron chi connectivity index (χ2n) is 5.19. The van der Waals surface area contributed by atoms with Crippen molar-refractivity contribution in [3.8, 4) is 0 Å². The molecular weight excluding hydrogens is 240 g/mol. The summed E-state index contributed by atoms with van der Waals surface area (Å²) in [6.45, 7) is 4.43. The van der Waals surface area contributed by atoms with Gasteiger partial charge in [-0.2, -0.15) is 0 Å². The molecule has 100 valence electrons. The van der Waals surface area contributed by atoms with Gasteiger partial charge in [-0.15, -0.1) is 12.4 Å². The Morgan fingerprint density at radius 1 is 1.47 bits per heavy atom. The fourth-order valence-electron chi connectivity index (χ4n) is 2.24. The fraction of sp³-hybridized carbons (Fsp3) is 0.917. The van der Waals surface area contributed by atoms with Crippen LogP contribution in [0, 0.1) is 5.92 Å². The lowest BCUT2D eigenvalue weighted by Crippen LogP contribution is -2.39. The van der Waals surface area contributed by atoms with Gasteiger partial charge in [0, 0.05) is 37.6 Å². The standard InChI is InChI=1S/C12H22N2O2.ClH/c1-9(13)6-12(15)14(11-2-3-11)7-10-4-5-16-8-10;/h9-11H,2-8,13H2,1H3;1H. The Labute approximate surface area is 109 Å². The average Bonchev–Trinajstić information content (AvgIpc) is 2.91. The Hall–Kier alpha value is -0.320. The van der Waals surface area contributed by atoms with E-state index in [1.165, 1.54) is 0 Å². The molecule has 5 heteroatoms. The summed E-state index contributed by atoms with van der Waals surface area (Å²) >= 11 is 0. The highest BCUT2D eigenvalue weighted by molar-refractivity contribution is 5.85. The third-order valence-electron chi connectivity index (χ3n) is 3.28. The number of halogens is 1. The molecule has 1 heterocycles. The van der Waals surface area contributed by atoms with Gasteiger partial charge in [0.05, 0.1) is 6.61 Å². The molecule has 2 unspecified atom stereocenters. The molecule has 0 radical (unpaired) electrons. The molecule has 1 saturated heterocycles. The van der Waals surface area contributed by atoms with Crippen molar-refractivity contribution in [2.45, 2.75) is 44.7 Å². The van der Waals surface area contributed by atoms with Crippen molar-refractivity contribution in [2.75, 3.05) is 19.8 Å². The molecule has 2 rings (SSSR count). The highest BCUT2D eigenvalue weighted by atomic mass is 35.5. The molecule has 0 spiro atoms. The van der Waals surface area contributed by atoms with Gasteiger partial charge in [-0.3, -0.25) is 4.79 Å². The Morgan fingerprint density at radius 2 is 2.18 bits per heavy atom. The van der Waals surface area contributed by atoms with Crippen LogP contribution in [0.4, 0.5) is 0 Å². The first-order valence-electron chi connectivity index (χ1n) is 6.29. The number of carbonyl (C=O) groups is 1. The zero-order valence-electron chi connectivity index (χ0n) is 10.4. The van der Waals surface area contributed by atoms with Gasteiger partial charge in [0.2, 0.25) is 5.91 Å². The van der Waals surface area contributed by atoms with Crippen molar-refractivity contribution in [3.63, 3.8) is 0 Å². The summed E-state index contributed by atoms with van der Waals surface area (Å²) in [6.07, 6.45) is 3.90. The summed E-state index contributed by atoms with van der Waals surface area (Å²) in [4.78, 5) is 14.1. The highest BCUT2D eigenvalue weighted by Gasteiger charge is 2.34. The summed E-state index contributed by atoms with van der Waals surface area (Å²) in [6, 6.07) is 0.459. The van der Waals surface area contributed by atoms with Crippen LogP contribution in [-0.4, -0.2) is 42.6 Å². The number of rotatable bonds is 5. The lowest BCUT2D eigenvalue weighted by molar-refractivity contribution is -0.132. The first kappa shape index (κ1) is 14.7. The third-order valence-corrected chi connectivity index (χ3v) is 3.28. The van der Waals surface area contributed by atoms with E-state index in [1.54, 1.807) is 0 Å². The zero-order valence-corrected chi connectivity index (χ0v) is 11.2. The van der Waals surface area contributed by atoms with Crippen molar-refractivity contribution < 1.29 is 9.53 Å².